The number of phenolic OH excluding ortho intramolecular Hbond substituents is 1. The number of thioether (sulfide) groups is 1. The Morgan fingerprint density at radius 2 is 2.25 bits per heavy atom. The Morgan fingerprint density at radius 3 is 2.90 bits per heavy atom. The number of aromatic amines is 1. The molecule has 0 amide bonds. The summed E-state index contributed by atoms with van der Waals surface area (Å²) in [5, 5.41) is 25.3. The number of aliphatic carboxylic acids is 1. The van der Waals surface area contributed by atoms with Gasteiger partial charge in [-0.2, -0.15) is 0 Å². The van der Waals surface area contributed by atoms with E-state index >= 15 is 0 Å². The lowest BCUT2D eigenvalue weighted by Crippen LogP contribution is -1.97. The molecule has 1 heterocycles. The van der Waals surface area contributed by atoms with E-state index in [-0.39, 0.29) is 28.2 Å². The Kier molecular flexibility index (Phi) is 3.99. The number of carboxylic acid groups (broad SMARTS) is 1. The van der Waals surface area contributed by atoms with Gasteiger partial charge >= 0.3 is 5.97 Å². The van der Waals surface area contributed by atoms with Crippen molar-refractivity contribution in [3.05, 3.63) is 23.1 Å². The molecule has 1 aromatic carbocycles. The fourth-order valence-electron chi connectivity index (χ4n) is 1.53. The van der Waals surface area contributed by atoms with E-state index in [4.69, 9.17) is 5.11 Å². The molecule has 0 atom stereocenters. The van der Waals surface area contributed by atoms with Gasteiger partial charge in [0, 0.05) is 15.7 Å². The maximum atomic E-state index is 11.3. The fraction of sp³-hybridized carbons (Fsp3) is 0.182. The molecule has 20 heavy (non-hydrogen) atoms. The minimum Gasteiger partial charge on any atom is -0.502 e. The van der Waals surface area contributed by atoms with Gasteiger partial charge in [0.05, 0.1) is 11.3 Å². The largest absolute Gasteiger partial charge is 0.502 e. The fourth-order valence-corrected chi connectivity index (χ4v) is 2.05. The van der Waals surface area contributed by atoms with E-state index in [1.165, 1.54) is 13.1 Å². The molecular formula is C11H11N4O4S+. The monoisotopic (exact) mass is 295 g/mol. The number of carboxylic acids is 1. The topological polar surface area (TPSA) is 119 Å². The number of hydrogen-bond donors (Lipinski definition) is 3. The number of hydrogen-bond acceptors (Lipinski definition) is 6. The Bertz CT molecular complexity index is 670. The molecule has 104 valence electrons. The van der Waals surface area contributed by atoms with Gasteiger partial charge in [-0.15, -0.1) is 5.10 Å². The average molecular weight is 295 g/mol. The third kappa shape index (κ3) is 2.94. The van der Waals surface area contributed by atoms with Crippen LogP contribution in [0.1, 0.15) is 0 Å². The molecule has 2 rings (SSSR count). The minimum atomic E-state index is -0.973. The van der Waals surface area contributed by atoms with Gasteiger partial charge in [0.15, 0.2) is 12.9 Å². The van der Waals surface area contributed by atoms with Crippen LogP contribution in [0, 0.1) is 4.91 Å². The summed E-state index contributed by atoms with van der Waals surface area (Å²) >= 11 is 0.954. The van der Waals surface area contributed by atoms with Gasteiger partial charge in [-0.1, -0.05) is 17.8 Å². The highest BCUT2D eigenvalue weighted by atomic mass is 32.2. The first-order valence-electron chi connectivity index (χ1n) is 5.49. The second-order valence-corrected chi connectivity index (χ2v) is 4.76. The van der Waals surface area contributed by atoms with E-state index in [1.807, 2.05) is 0 Å². The van der Waals surface area contributed by atoms with Gasteiger partial charge in [-0.25, -0.2) is 4.98 Å². The smallest absolute Gasteiger partial charge is 0.313 e. The lowest BCUT2D eigenvalue weighted by molar-refractivity contribution is -0.429. The number of para-hydroxylation sites is 1. The van der Waals surface area contributed by atoms with E-state index in [9.17, 15) is 14.8 Å². The molecule has 0 bridgehead atoms. The van der Waals surface area contributed by atoms with E-state index in [0.29, 0.717) is 10.3 Å². The number of phenols is 1. The zero-order chi connectivity index (χ0) is 14.7. The highest BCUT2D eigenvalue weighted by Gasteiger charge is 2.20. The van der Waals surface area contributed by atoms with Crippen LogP contribution in [0.4, 0.5) is 5.69 Å². The predicted octanol–water partition coefficient (Wildman–Crippen LogP) is 1.39. The minimum absolute atomic E-state index is 0.110. The van der Waals surface area contributed by atoms with Crippen LogP contribution >= 0.6 is 11.8 Å². The molecule has 2 aromatic rings. The van der Waals surface area contributed by atoms with Crippen molar-refractivity contribution in [3.8, 4) is 17.1 Å². The molecule has 0 aliphatic rings. The molecule has 0 radical (unpaired) electrons. The van der Waals surface area contributed by atoms with Crippen LogP contribution in [0.5, 0.6) is 5.75 Å². The maximum Gasteiger partial charge on any atom is 0.313 e. The Hall–Kier alpha value is -2.42. The standard InChI is InChI=1S/C11H10N4O4S/c1-15(19)7-4-2-3-6(9(7)18)10-12-11(14-13-10)20-5-8(16)17/h2-4H,5H2,1H3,(H2-,12,13,14,16,17,18,19)/p+1. The third-order valence-corrected chi connectivity index (χ3v) is 3.23. The molecule has 8 nitrogen and oxygen atoms in total. The zero-order valence-electron chi connectivity index (χ0n) is 10.4. The Labute approximate surface area is 117 Å². The van der Waals surface area contributed by atoms with Crippen LogP contribution in [0.2, 0.25) is 0 Å². The summed E-state index contributed by atoms with van der Waals surface area (Å²) in [4.78, 5) is 25.8. The molecular weight excluding hydrogens is 284 g/mol. The van der Waals surface area contributed by atoms with E-state index in [0.717, 1.165) is 11.8 Å². The Balaban J connectivity index is 2.30. The van der Waals surface area contributed by atoms with Crippen molar-refractivity contribution in [2.45, 2.75) is 5.16 Å². The number of nitrogens with one attached hydrogen (secondary N) is 1. The van der Waals surface area contributed by atoms with Crippen molar-refractivity contribution < 1.29 is 19.8 Å². The summed E-state index contributed by atoms with van der Waals surface area (Å²) in [6.45, 7) is 0. The first-order valence-corrected chi connectivity index (χ1v) is 6.48. The molecule has 1 aromatic heterocycles. The van der Waals surface area contributed by atoms with Crippen molar-refractivity contribution in [2.24, 2.45) is 0 Å². The number of rotatable bonds is 5. The normalized spacial score (nSPS) is 10.4. The predicted molar refractivity (Wildman–Crippen MR) is 71.1 cm³/mol. The molecule has 0 saturated heterocycles. The van der Waals surface area contributed by atoms with Crippen molar-refractivity contribution in [2.75, 3.05) is 12.8 Å². The molecule has 0 aliphatic heterocycles. The van der Waals surface area contributed by atoms with Crippen LogP contribution < -0.4 is 0 Å². The number of aromatic nitrogens is 3. The Morgan fingerprint density at radius 1 is 1.50 bits per heavy atom. The molecule has 0 aliphatic carbocycles. The number of nitrogens with zero attached hydrogens (tertiary/aromatic N) is 3. The summed E-state index contributed by atoms with van der Waals surface area (Å²) in [5.41, 5.74) is 0.429. The van der Waals surface area contributed by atoms with Crippen LogP contribution in [-0.2, 0) is 4.79 Å². The number of nitroso groups, excluding NO2 is 1. The number of H-pyrrole nitrogens is 1. The van der Waals surface area contributed by atoms with E-state index in [1.54, 1.807) is 12.1 Å². The SMILES string of the molecule is C[N+](=O)c1cccc(-c2nc(SCC(=O)O)n[nH]2)c1O. The molecule has 9 heteroatoms. The molecule has 0 fully saturated rings. The number of aromatic hydroxyl groups is 1. The molecule has 0 spiro atoms. The average Bonchev–Trinajstić information content (AvgIpc) is 2.85. The first kappa shape index (κ1) is 14.0. The van der Waals surface area contributed by atoms with Crippen molar-refractivity contribution in [3.63, 3.8) is 0 Å². The van der Waals surface area contributed by atoms with Crippen molar-refractivity contribution in [1.29, 1.82) is 0 Å². The zero-order valence-corrected chi connectivity index (χ0v) is 11.2. The lowest BCUT2D eigenvalue weighted by atomic mass is 10.1. The van der Waals surface area contributed by atoms with Gasteiger partial charge in [0.2, 0.25) is 10.9 Å². The maximum absolute atomic E-state index is 11.3. The highest BCUT2D eigenvalue weighted by molar-refractivity contribution is 7.99. The first-order chi connectivity index (χ1) is 9.49. The number of benzene rings is 1. The molecule has 0 saturated carbocycles. The highest BCUT2D eigenvalue weighted by Crippen LogP contribution is 2.35. The van der Waals surface area contributed by atoms with Crippen LogP contribution in [-0.4, -0.2) is 48.9 Å². The second kappa shape index (κ2) is 5.70. The van der Waals surface area contributed by atoms with Gasteiger partial charge in [0.1, 0.15) is 0 Å². The summed E-state index contributed by atoms with van der Waals surface area (Å²) in [6, 6.07) is 4.65. The molecule has 0 unspecified atom stereocenters. The van der Waals surface area contributed by atoms with Gasteiger partial charge in [0.25, 0.3) is 5.69 Å². The van der Waals surface area contributed by atoms with E-state index < -0.39 is 5.97 Å². The summed E-state index contributed by atoms with van der Waals surface area (Å²) in [7, 11) is 1.27. The van der Waals surface area contributed by atoms with E-state index in [2.05, 4.69) is 15.2 Å². The van der Waals surface area contributed by atoms with Crippen LogP contribution in [0.3, 0.4) is 0 Å². The number of carbonyl (C=O) groups is 1. The van der Waals surface area contributed by atoms with Gasteiger partial charge in [-0.3, -0.25) is 9.89 Å². The second-order valence-electron chi connectivity index (χ2n) is 3.82. The summed E-state index contributed by atoms with van der Waals surface area (Å²) in [6.07, 6.45) is 0. The summed E-state index contributed by atoms with van der Waals surface area (Å²) < 4.78 is 0.537. The third-order valence-electron chi connectivity index (χ3n) is 2.40. The van der Waals surface area contributed by atoms with Gasteiger partial charge < -0.3 is 10.2 Å². The van der Waals surface area contributed by atoms with Crippen molar-refractivity contribution >= 4 is 23.4 Å². The summed E-state index contributed by atoms with van der Waals surface area (Å²) in [5.74, 6) is -1.08. The quantitative estimate of drug-likeness (QED) is 0.563. The van der Waals surface area contributed by atoms with Gasteiger partial charge in [-0.05, 0) is 6.07 Å². The van der Waals surface area contributed by atoms with Crippen molar-refractivity contribution in [1.82, 2.24) is 15.2 Å². The van der Waals surface area contributed by atoms with Crippen LogP contribution in [0.15, 0.2) is 23.4 Å². The lowest BCUT2D eigenvalue weighted by Gasteiger charge is -2.00. The van der Waals surface area contributed by atoms with Crippen LogP contribution in [0.25, 0.3) is 11.4 Å². The molecule has 3 N–H and O–H groups in total.